The van der Waals surface area contributed by atoms with Crippen molar-refractivity contribution in [1.29, 1.82) is 0 Å². The molecule has 0 radical (unpaired) electrons. The van der Waals surface area contributed by atoms with Crippen molar-refractivity contribution in [2.24, 2.45) is 0 Å². The fourth-order valence-electron chi connectivity index (χ4n) is 1.88. The van der Waals surface area contributed by atoms with Gasteiger partial charge in [-0.25, -0.2) is 8.42 Å². The summed E-state index contributed by atoms with van der Waals surface area (Å²) in [6, 6.07) is 0.207. The smallest absolute Gasteiger partial charge is 0.218 e. The van der Waals surface area contributed by atoms with E-state index in [1.807, 2.05) is 0 Å². The van der Waals surface area contributed by atoms with Gasteiger partial charge in [0, 0.05) is 26.2 Å². The Morgan fingerprint density at radius 2 is 2.11 bits per heavy atom. The summed E-state index contributed by atoms with van der Waals surface area (Å²) in [4.78, 5) is 0. The number of hydrogen-bond donors (Lipinski definition) is 1. The van der Waals surface area contributed by atoms with Crippen LogP contribution in [0.25, 0.3) is 0 Å². The Hall–Kier alpha value is -0.170. The van der Waals surface area contributed by atoms with Crippen LogP contribution in [0, 0.1) is 0 Å². The van der Waals surface area contributed by atoms with Crippen LogP contribution in [0.1, 0.15) is 33.1 Å². The monoisotopic (exact) mass is 278 g/mol. The molecule has 1 N–H and O–H groups in total. The van der Waals surface area contributed by atoms with Crippen molar-refractivity contribution >= 4 is 10.0 Å². The van der Waals surface area contributed by atoms with Crippen molar-refractivity contribution < 1.29 is 13.2 Å². The summed E-state index contributed by atoms with van der Waals surface area (Å²) in [5.41, 5.74) is 0. The van der Waals surface area contributed by atoms with Crippen molar-refractivity contribution in [3.63, 3.8) is 0 Å². The molecule has 6 heteroatoms. The Bertz CT molecular complexity index is 328. The van der Waals surface area contributed by atoms with Gasteiger partial charge in [-0.15, -0.1) is 0 Å². The maximum Gasteiger partial charge on any atom is 0.218 e. The number of ether oxygens (including phenoxy) is 1. The second-order valence-corrected chi connectivity index (χ2v) is 7.20. The molecule has 0 aromatic rings. The van der Waals surface area contributed by atoms with Gasteiger partial charge in [-0.05, 0) is 32.7 Å². The first kappa shape index (κ1) is 15.9. The number of hydrogen-bond acceptors (Lipinski definition) is 4. The van der Waals surface area contributed by atoms with Crippen molar-refractivity contribution in [1.82, 2.24) is 9.62 Å². The highest BCUT2D eigenvalue weighted by Gasteiger charge is 2.39. The van der Waals surface area contributed by atoms with E-state index in [2.05, 4.69) is 12.2 Å². The van der Waals surface area contributed by atoms with Crippen LogP contribution in [0.4, 0.5) is 0 Å². The Kier molecular flexibility index (Phi) is 6.55. The lowest BCUT2D eigenvalue weighted by Gasteiger charge is -2.25. The van der Waals surface area contributed by atoms with Gasteiger partial charge in [-0.1, -0.05) is 6.92 Å². The van der Waals surface area contributed by atoms with E-state index in [1.165, 1.54) is 0 Å². The first-order valence-electron chi connectivity index (χ1n) is 6.74. The maximum absolute atomic E-state index is 12.4. The number of nitrogens with one attached hydrogen (secondary N) is 1. The Balaban J connectivity index is 2.56. The third-order valence-corrected chi connectivity index (χ3v) is 5.48. The van der Waals surface area contributed by atoms with Gasteiger partial charge in [-0.3, -0.25) is 0 Å². The van der Waals surface area contributed by atoms with Crippen LogP contribution in [0.2, 0.25) is 0 Å². The lowest BCUT2D eigenvalue weighted by molar-refractivity contribution is 0.177. The molecule has 1 aliphatic rings. The van der Waals surface area contributed by atoms with Gasteiger partial charge in [0.25, 0.3) is 0 Å². The molecule has 1 unspecified atom stereocenters. The quantitative estimate of drug-likeness (QED) is 0.601. The molecule has 0 saturated heterocycles. The van der Waals surface area contributed by atoms with E-state index in [9.17, 15) is 8.42 Å². The molecule has 18 heavy (non-hydrogen) atoms. The Morgan fingerprint density at radius 1 is 1.44 bits per heavy atom. The van der Waals surface area contributed by atoms with Crippen LogP contribution in [-0.2, 0) is 14.8 Å². The average Bonchev–Trinajstić information content (AvgIpc) is 3.14. The third kappa shape index (κ3) is 4.50. The zero-order valence-corrected chi connectivity index (χ0v) is 12.5. The number of sulfonamides is 1. The average molecular weight is 278 g/mol. The second kappa shape index (κ2) is 7.43. The largest absolute Gasteiger partial charge is 0.383 e. The van der Waals surface area contributed by atoms with Crippen molar-refractivity contribution in [2.45, 2.75) is 44.4 Å². The molecule has 0 heterocycles. The number of nitrogens with zero attached hydrogens (tertiary/aromatic N) is 1. The Labute approximate surface area is 111 Å². The number of rotatable bonds is 10. The standard InChI is InChI=1S/C12H26N2O3S/c1-4-7-13-10-11(2)18(15,16)14(8-9-17-3)12-5-6-12/h11-13H,4-10H2,1-3H3. The lowest BCUT2D eigenvalue weighted by atomic mass is 10.4. The van der Waals surface area contributed by atoms with E-state index >= 15 is 0 Å². The van der Waals surface area contributed by atoms with Gasteiger partial charge >= 0.3 is 0 Å². The summed E-state index contributed by atoms with van der Waals surface area (Å²) in [5.74, 6) is 0. The molecule has 1 atom stereocenters. The molecular formula is C12H26N2O3S. The zero-order valence-electron chi connectivity index (χ0n) is 11.7. The van der Waals surface area contributed by atoms with E-state index in [-0.39, 0.29) is 11.3 Å². The first-order chi connectivity index (χ1) is 8.54. The van der Waals surface area contributed by atoms with Gasteiger partial charge in [0.15, 0.2) is 0 Å². The van der Waals surface area contributed by atoms with Crippen LogP contribution < -0.4 is 5.32 Å². The van der Waals surface area contributed by atoms with Crippen LogP contribution in [0.15, 0.2) is 0 Å². The molecule has 0 spiro atoms. The molecule has 0 aliphatic heterocycles. The summed E-state index contributed by atoms with van der Waals surface area (Å²) < 4.78 is 31.5. The molecule has 1 fully saturated rings. The maximum atomic E-state index is 12.4. The van der Waals surface area contributed by atoms with Crippen LogP contribution in [0.3, 0.4) is 0 Å². The van der Waals surface area contributed by atoms with Crippen LogP contribution in [0.5, 0.6) is 0 Å². The Morgan fingerprint density at radius 3 is 2.61 bits per heavy atom. The summed E-state index contributed by atoms with van der Waals surface area (Å²) >= 11 is 0. The van der Waals surface area contributed by atoms with E-state index in [0.29, 0.717) is 19.7 Å². The minimum Gasteiger partial charge on any atom is -0.383 e. The molecule has 0 bridgehead atoms. The highest BCUT2D eigenvalue weighted by molar-refractivity contribution is 7.89. The molecule has 1 aliphatic carbocycles. The van der Waals surface area contributed by atoms with Crippen LogP contribution in [-0.4, -0.2) is 57.4 Å². The third-order valence-electron chi connectivity index (χ3n) is 3.16. The van der Waals surface area contributed by atoms with Gasteiger partial charge in [0.05, 0.1) is 11.9 Å². The summed E-state index contributed by atoms with van der Waals surface area (Å²) in [6.07, 6.45) is 2.99. The molecule has 1 rings (SSSR count). The summed E-state index contributed by atoms with van der Waals surface area (Å²) in [6.45, 7) is 6.17. The number of methoxy groups -OCH3 is 1. The summed E-state index contributed by atoms with van der Waals surface area (Å²) in [5, 5.41) is 2.80. The molecule has 0 aromatic heterocycles. The van der Waals surface area contributed by atoms with Crippen molar-refractivity contribution in [3.05, 3.63) is 0 Å². The normalized spacial score (nSPS) is 18.2. The fraction of sp³-hybridized carbons (Fsp3) is 1.00. The predicted octanol–water partition coefficient (Wildman–Crippen LogP) is 0.815. The van der Waals surface area contributed by atoms with E-state index in [1.54, 1.807) is 18.3 Å². The topological polar surface area (TPSA) is 58.6 Å². The second-order valence-electron chi connectivity index (χ2n) is 4.89. The van der Waals surface area contributed by atoms with E-state index < -0.39 is 10.0 Å². The molecular weight excluding hydrogens is 252 g/mol. The van der Waals surface area contributed by atoms with Gasteiger partial charge in [0.2, 0.25) is 10.0 Å². The van der Waals surface area contributed by atoms with Gasteiger partial charge < -0.3 is 10.1 Å². The van der Waals surface area contributed by atoms with Crippen molar-refractivity contribution in [3.8, 4) is 0 Å². The molecule has 1 saturated carbocycles. The van der Waals surface area contributed by atoms with E-state index in [4.69, 9.17) is 4.74 Å². The fourth-order valence-corrected chi connectivity index (χ4v) is 3.63. The molecule has 5 nitrogen and oxygen atoms in total. The highest BCUT2D eigenvalue weighted by Crippen LogP contribution is 2.30. The molecule has 0 aromatic carbocycles. The highest BCUT2D eigenvalue weighted by atomic mass is 32.2. The first-order valence-corrected chi connectivity index (χ1v) is 8.24. The van der Waals surface area contributed by atoms with Crippen LogP contribution >= 0.6 is 0 Å². The van der Waals surface area contributed by atoms with E-state index in [0.717, 1.165) is 25.8 Å². The molecule has 0 amide bonds. The minimum atomic E-state index is -3.20. The van der Waals surface area contributed by atoms with Gasteiger partial charge in [0.1, 0.15) is 0 Å². The summed E-state index contributed by atoms with van der Waals surface area (Å²) in [7, 11) is -1.60. The zero-order chi connectivity index (χ0) is 13.6. The predicted molar refractivity (Wildman–Crippen MR) is 73.1 cm³/mol. The minimum absolute atomic E-state index is 0.207. The van der Waals surface area contributed by atoms with Gasteiger partial charge in [-0.2, -0.15) is 4.31 Å². The SMILES string of the molecule is CCCNCC(C)S(=O)(=O)N(CCOC)C1CC1. The van der Waals surface area contributed by atoms with Crippen molar-refractivity contribution in [2.75, 3.05) is 33.4 Å². The molecule has 108 valence electrons. The lowest BCUT2D eigenvalue weighted by Crippen LogP contribution is -2.44.